The molecule has 0 rings (SSSR count). The Morgan fingerprint density at radius 1 is 1.42 bits per heavy atom. The maximum atomic E-state index is 8.74. The quantitative estimate of drug-likeness (QED) is 0.275. The van der Waals surface area contributed by atoms with Crippen molar-refractivity contribution < 1.29 is 22.3 Å². The summed E-state index contributed by atoms with van der Waals surface area (Å²) in [6.45, 7) is 0. The van der Waals surface area contributed by atoms with Gasteiger partial charge >= 0.3 is 10.4 Å². The summed E-state index contributed by atoms with van der Waals surface area (Å²) in [6.07, 6.45) is 0. The summed E-state index contributed by atoms with van der Waals surface area (Å²) in [5.41, 5.74) is 0. The predicted octanol–water partition coefficient (Wildman–Crippen LogP) is -0.524. The van der Waals surface area contributed by atoms with Crippen molar-refractivity contribution >= 4 is 16.4 Å². The van der Waals surface area contributed by atoms with Crippen LogP contribution < -0.4 is 0 Å². The van der Waals surface area contributed by atoms with Crippen LogP contribution >= 0.6 is 0 Å². The molecule has 0 spiro atoms. The smallest absolute Gasteiger partial charge is 0.394 e. The summed E-state index contributed by atoms with van der Waals surface area (Å²) in [5.74, 6) is 0. The van der Waals surface area contributed by atoms with Crippen LogP contribution in [-0.2, 0) is 15.1 Å². The van der Waals surface area contributed by atoms with Gasteiger partial charge < -0.3 is 9.64 Å². The lowest BCUT2D eigenvalue weighted by Crippen LogP contribution is -2.21. The van der Waals surface area contributed by atoms with E-state index in [9.17, 15) is 0 Å². The lowest BCUT2D eigenvalue weighted by atomic mass is 10.9. The second-order valence-electron chi connectivity index (χ2n) is 1.85. The molecule has 8 heteroatoms. The van der Waals surface area contributed by atoms with E-state index in [0.717, 1.165) is 0 Å². The molecule has 7 nitrogen and oxygen atoms in total. The highest BCUT2D eigenvalue weighted by Gasteiger charge is 1.91. The molecular formula is C4H12N2O5S. The molecule has 0 saturated heterocycles. The Balaban J connectivity index is 0. The number of hydrogen-bond donors (Lipinski definition) is 3. The number of nitrogens with one attached hydrogen (secondary N) is 1. The molecule has 0 atom stereocenters. The van der Waals surface area contributed by atoms with E-state index in [1.54, 1.807) is 19.0 Å². The zero-order chi connectivity index (χ0) is 10.4. The standard InChI is InChI=1S/C4H10N2O.H2O4S/c1-6(2)4(5)7-3;1-5(2,3)4/h5H,1-3H3;(H2,1,2,3,4). The van der Waals surface area contributed by atoms with Gasteiger partial charge in [0.1, 0.15) is 0 Å². The molecule has 0 amide bonds. The van der Waals surface area contributed by atoms with Crippen molar-refractivity contribution in [2.75, 3.05) is 21.2 Å². The van der Waals surface area contributed by atoms with Crippen molar-refractivity contribution in [1.29, 1.82) is 5.41 Å². The van der Waals surface area contributed by atoms with Gasteiger partial charge in [0, 0.05) is 14.1 Å². The molecular weight excluding hydrogens is 188 g/mol. The van der Waals surface area contributed by atoms with Crippen molar-refractivity contribution in [3.05, 3.63) is 0 Å². The predicted molar refractivity (Wildman–Crippen MR) is 42.6 cm³/mol. The summed E-state index contributed by atoms with van der Waals surface area (Å²) in [5, 5.41) is 6.90. The number of nitrogens with zero attached hydrogens (tertiary/aromatic N) is 1. The Morgan fingerprint density at radius 3 is 1.67 bits per heavy atom. The van der Waals surface area contributed by atoms with Crippen LogP contribution in [-0.4, -0.2) is 49.7 Å². The van der Waals surface area contributed by atoms with Crippen LogP contribution in [0.3, 0.4) is 0 Å². The summed E-state index contributed by atoms with van der Waals surface area (Å²) in [7, 11) is 0.319. The van der Waals surface area contributed by atoms with Crippen LogP contribution in [0.15, 0.2) is 0 Å². The molecule has 3 N–H and O–H groups in total. The topological polar surface area (TPSA) is 111 Å². The van der Waals surface area contributed by atoms with Gasteiger partial charge in [-0.1, -0.05) is 0 Å². The third-order valence-corrected chi connectivity index (χ3v) is 0.600. The fourth-order valence-corrected chi connectivity index (χ4v) is 0.183. The minimum Gasteiger partial charge on any atom is -0.469 e. The first-order valence-electron chi connectivity index (χ1n) is 2.68. The van der Waals surface area contributed by atoms with Crippen LogP contribution in [0.25, 0.3) is 0 Å². The third-order valence-electron chi connectivity index (χ3n) is 0.600. The number of hydrogen-bond acceptors (Lipinski definition) is 4. The highest BCUT2D eigenvalue weighted by Crippen LogP contribution is 1.75. The summed E-state index contributed by atoms with van der Waals surface area (Å²) in [4.78, 5) is 1.58. The van der Waals surface area contributed by atoms with Gasteiger partial charge in [0.15, 0.2) is 0 Å². The van der Waals surface area contributed by atoms with Crippen molar-refractivity contribution in [3.63, 3.8) is 0 Å². The molecule has 0 aliphatic carbocycles. The minimum absolute atomic E-state index is 0.181. The average Bonchev–Trinajstić information content (AvgIpc) is 1.82. The van der Waals surface area contributed by atoms with Crippen molar-refractivity contribution in [2.45, 2.75) is 0 Å². The number of amidine groups is 1. The minimum atomic E-state index is -4.67. The van der Waals surface area contributed by atoms with Crippen molar-refractivity contribution in [2.24, 2.45) is 0 Å². The first kappa shape index (κ1) is 13.7. The normalized spacial score (nSPS) is 9.42. The number of rotatable bonds is 0. The zero-order valence-electron chi connectivity index (χ0n) is 6.97. The highest BCUT2D eigenvalue weighted by molar-refractivity contribution is 7.79. The van der Waals surface area contributed by atoms with Crippen molar-refractivity contribution in [3.8, 4) is 0 Å². The van der Waals surface area contributed by atoms with E-state index < -0.39 is 10.4 Å². The van der Waals surface area contributed by atoms with Crippen LogP contribution in [0, 0.1) is 5.41 Å². The monoisotopic (exact) mass is 200 g/mol. The van der Waals surface area contributed by atoms with Gasteiger partial charge in [0.05, 0.1) is 7.11 Å². The molecule has 0 aromatic carbocycles. The molecule has 0 radical (unpaired) electrons. The molecule has 0 aromatic rings. The van der Waals surface area contributed by atoms with Crippen molar-refractivity contribution in [1.82, 2.24) is 4.90 Å². The van der Waals surface area contributed by atoms with Crippen LogP contribution in [0.2, 0.25) is 0 Å². The van der Waals surface area contributed by atoms with Gasteiger partial charge in [0.25, 0.3) is 6.02 Å². The maximum Gasteiger partial charge on any atom is 0.394 e. The SMILES string of the molecule is COC(=N)N(C)C.O=S(=O)(O)O. The first-order valence-corrected chi connectivity index (χ1v) is 4.08. The summed E-state index contributed by atoms with van der Waals surface area (Å²) >= 11 is 0. The van der Waals surface area contributed by atoms with E-state index >= 15 is 0 Å². The fraction of sp³-hybridized carbons (Fsp3) is 0.750. The van der Waals surface area contributed by atoms with Crippen LogP contribution in [0.1, 0.15) is 0 Å². The summed E-state index contributed by atoms with van der Waals surface area (Å²) < 4.78 is 36.1. The average molecular weight is 200 g/mol. The Kier molecular flexibility index (Phi) is 6.57. The second-order valence-corrected chi connectivity index (χ2v) is 2.75. The molecule has 0 bridgehead atoms. The van der Waals surface area contributed by atoms with E-state index in [4.69, 9.17) is 22.9 Å². The molecule has 0 aliphatic heterocycles. The second kappa shape index (κ2) is 5.75. The Hall–Kier alpha value is -0.860. The molecule has 0 unspecified atom stereocenters. The van der Waals surface area contributed by atoms with Crippen LogP contribution in [0.5, 0.6) is 0 Å². The van der Waals surface area contributed by atoms with Gasteiger partial charge in [-0.2, -0.15) is 8.42 Å². The van der Waals surface area contributed by atoms with E-state index in [0.29, 0.717) is 0 Å². The van der Waals surface area contributed by atoms with Gasteiger partial charge in [-0.05, 0) is 0 Å². The lowest BCUT2D eigenvalue weighted by Gasteiger charge is -2.09. The fourth-order valence-electron chi connectivity index (χ4n) is 0.183. The first-order chi connectivity index (χ1) is 5.18. The third kappa shape index (κ3) is 22.9. The Labute approximate surface area is 71.0 Å². The summed E-state index contributed by atoms with van der Waals surface area (Å²) in [6, 6.07) is 0.181. The van der Waals surface area contributed by atoms with E-state index in [1.807, 2.05) is 0 Å². The molecule has 0 saturated carbocycles. The Morgan fingerprint density at radius 2 is 1.67 bits per heavy atom. The highest BCUT2D eigenvalue weighted by atomic mass is 32.3. The number of methoxy groups -OCH3 is 1. The molecule has 12 heavy (non-hydrogen) atoms. The maximum absolute atomic E-state index is 8.74. The van der Waals surface area contributed by atoms with Gasteiger partial charge in [0.2, 0.25) is 0 Å². The largest absolute Gasteiger partial charge is 0.469 e. The molecule has 0 aromatic heterocycles. The van der Waals surface area contributed by atoms with Crippen LogP contribution in [0.4, 0.5) is 0 Å². The van der Waals surface area contributed by atoms with Gasteiger partial charge in [-0.15, -0.1) is 0 Å². The molecule has 74 valence electrons. The molecule has 0 aliphatic rings. The van der Waals surface area contributed by atoms with Gasteiger partial charge in [-0.3, -0.25) is 14.5 Å². The van der Waals surface area contributed by atoms with E-state index in [2.05, 4.69) is 4.74 Å². The van der Waals surface area contributed by atoms with E-state index in [-0.39, 0.29) is 6.02 Å². The lowest BCUT2D eigenvalue weighted by molar-refractivity contribution is 0.326. The van der Waals surface area contributed by atoms with E-state index in [1.165, 1.54) is 7.11 Å². The van der Waals surface area contributed by atoms with Gasteiger partial charge in [-0.25, -0.2) is 0 Å². The Bertz CT molecular complexity index is 214. The molecule has 0 fully saturated rings. The number of ether oxygens (including phenoxy) is 1. The molecule has 0 heterocycles. The zero-order valence-corrected chi connectivity index (χ0v) is 7.79.